The van der Waals surface area contributed by atoms with Gasteiger partial charge in [0.25, 0.3) is 0 Å². The predicted octanol–water partition coefficient (Wildman–Crippen LogP) is 2.79. The summed E-state index contributed by atoms with van der Waals surface area (Å²) in [4.78, 5) is 17.0. The number of thiazole rings is 1. The molecule has 1 atom stereocenters. The first-order valence-electron chi connectivity index (χ1n) is 7.91. The van der Waals surface area contributed by atoms with Crippen molar-refractivity contribution in [1.82, 2.24) is 9.29 Å². The molecule has 0 aliphatic rings. The van der Waals surface area contributed by atoms with E-state index in [1.54, 1.807) is 0 Å². The van der Waals surface area contributed by atoms with Crippen LogP contribution in [-0.2, 0) is 14.8 Å². The summed E-state index contributed by atoms with van der Waals surface area (Å²) in [7, 11) is -0.651. The molecule has 2 aromatic carbocycles. The van der Waals surface area contributed by atoms with E-state index in [9.17, 15) is 18.5 Å². The van der Waals surface area contributed by atoms with Crippen LogP contribution in [0.15, 0.2) is 53.4 Å². The van der Waals surface area contributed by atoms with E-state index in [0.29, 0.717) is 10.7 Å². The number of amides is 1. The summed E-state index contributed by atoms with van der Waals surface area (Å²) < 4.78 is 26.2. The van der Waals surface area contributed by atoms with E-state index in [2.05, 4.69) is 10.3 Å². The van der Waals surface area contributed by atoms with Crippen molar-refractivity contribution < 1.29 is 13.2 Å². The molecule has 9 heteroatoms. The predicted molar refractivity (Wildman–Crippen MR) is 104 cm³/mol. The third kappa shape index (κ3) is 3.83. The standard InChI is InChI=1S/C18H16N4O3S2/c1-22(2)27(24,25)13-9-7-12(8-10-13)20-17(23)14(11-19)18-21-15-5-3-4-6-16(15)26-18/h3-10,14H,1-2H3,(H,20,23). The van der Waals surface area contributed by atoms with Gasteiger partial charge in [0.2, 0.25) is 15.9 Å². The molecular weight excluding hydrogens is 384 g/mol. The molecule has 0 fully saturated rings. The lowest BCUT2D eigenvalue weighted by molar-refractivity contribution is -0.116. The zero-order chi connectivity index (χ0) is 19.6. The van der Waals surface area contributed by atoms with Crippen LogP contribution in [0.3, 0.4) is 0 Å². The lowest BCUT2D eigenvalue weighted by Gasteiger charge is -2.12. The molecular formula is C18H16N4O3S2. The zero-order valence-electron chi connectivity index (χ0n) is 14.6. The number of carbonyl (C=O) groups excluding carboxylic acids is 1. The molecule has 138 valence electrons. The maximum Gasteiger partial charge on any atom is 0.248 e. The number of benzene rings is 2. The fraction of sp³-hybridized carbons (Fsp3) is 0.167. The highest BCUT2D eigenvalue weighted by Crippen LogP contribution is 2.28. The van der Waals surface area contributed by atoms with Gasteiger partial charge in [-0.05, 0) is 36.4 Å². The minimum atomic E-state index is -3.54. The van der Waals surface area contributed by atoms with Crippen molar-refractivity contribution in [2.24, 2.45) is 0 Å². The molecule has 0 aliphatic heterocycles. The topological polar surface area (TPSA) is 103 Å². The molecule has 0 aliphatic carbocycles. The summed E-state index contributed by atoms with van der Waals surface area (Å²) in [5, 5.41) is 12.5. The van der Waals surface area contributed by atoms with E-state index >= 15 is 0 Å². The summed E-state index contributed by atoms with van der Waals surface area (Å²) >= 11 is 1.30. The van der Waals surface area contributed by atoms with Crippen LogP contribution in [0, 0.1) is 11.3 Å². The van der Waals surface area contributed by atoms with Gasteiger partial charge in [0.15, 0.2) is 5.92 Å². The molecule has 0 spiro atoms. The summed E-state index contributed by atoms with van der Waals surface area (Å²) in [5.74, 6) is -1.56. The number of fused-ring (bicyclic) bond motifs is 1. The molecule has 0 radical (unpaired) electrons. The molecule has 0 saturated carbocycles. The number of anilines is 1. The molecule has 3 rings (SSSR count). The summed E-state index contributed by atoms with van der Waals surface area (Å²) in [5.41, 5.74) is 1.14. The Kier molecular flexibility index (Phi) is 5.23. The van der Waals surface area contributed by atoms with Crippen molar-refractivity contribution in [3.8, 4) is 6.07 Å². The van der Waals surface area contributed by atoms with Gasteiger partial charge in [0, 0.05) is 19.8 Å². The van der Waals surface area contributed by atoms with Crippen molar-refractivity contribution in [3.63, 3.8) is 0 Å². The Labute approximate surface area is 160 Å². The lowest BCUT2D eigenvalue weighted by atomic mass is 10.1. The average Bonchev–Trinajstić information content (AvgIpc) is 3.06. The second kappa shape index (κ2) is 7.44. The van der Waals surface area contributed by atoms with Gasteiger partial charge in [0.05, 0.1) is 21.2 Å². The van der Waals surface area contributed by atoms with Gasteiger partial charge < -0.3 is 5.32 Å². The Bertz CT molecular complexity index is 1100. The quantitative estimate of drug-likeness (QED) is 0.709. The highest BCUT2D eigenvalue weighted by molar-refractivity contribution is 7.89. The van der Waals surface area contributed by atoms with Crippen molar-refractivity contribution >= 4 is 43.2 Å². The molecule has 0 saturated heterocycles. The maximum atomic E-state index is 12.5. The van der Waals surface area contributed by atoms with Gasteiger partial charge in [-0.15, -0.1) is 11.3 Å². The maximum absolute atomic E-state index is 12.5. The highest BCUT2D eigenvalue weighted by Gasteiger charge is 2.24. The lowest BCUT2D eigenvalue weighted by Crippen LogP contribution is -2.22. The van der Waals surface area contributed by atoms with Crippen molar-refractivity contribution in [2.45, 2.75) is 10.8 Å². The minimum absolute atomic E-state index is 0.119. The van der Waals surface area contributed by atoms with Crippen LogP contribution in [0.1, 0.15) is 10.9 Å². The molecule has 3 aromatic rings. The zero-order valence-corrected chi connectivity index (χ0v) is 16.2. The Balaban J connectivity index is 1.80. The second-order valence-corrected chi connectivity index (χ2v) is 9.10. The number of carbonyl (C=O) groups is 1. The van der Waals surface area contributed by atoms with Gasteiger partial charge in [-0.2, -0.15) is 5.26 Å². The van der Waals surface area contributed by atoms with E-state index in [-0.39, 0.29) is 4.90 Å². The molecule has 1 N–H and O–H groups in total. The SMILES string of the molecule is CN(C)S(=O)(=O)c1ccc(NC(=O)C(C#N)c2nc3ccccc3s2)cc1. The van der Waals surface area contributed by atoms with Gasteiger partial charge in [-0.3, -0.25) is 4.79 Å². The van der Waals surface area contributed by atoms with Crippen molar-refractivity contribution in [3.05, 3.63) is 53.5 Å². The van der Waals surface area contributed by atoms with Crippen LogP contribution in [0.25, 0.3) is 10.2 Å². The molecule has 1 unspecified atom stereocenters. The van der Waals surface area contributed by atoms with Gasteiger partial charge in [0.1, 0.15) is 5.01 Å². The fourth-order valence-electron chi connectivity index (χ4n) is 2.37. The Morgan fingerprint density at radius 2 is 1.85 bits per heavy atom. The third-order valence-electron chi connectivity index (χ3n) is 3.85. The molecule has 1 amide bonds. The van der Waals surface area contributed by atoms with E-state index in [1.807, 2.05) is 30.3 Å². The number of hydrogen-bond donors (Lipinski definition) is 1. The van der Waals surface area contributed by atoms with Crippen LogP contribution in [0.2, 0.25) is 0 Å². The number of nitrogens with one attached hydrogen (secondary N) is 1. The van der Waals surface area contributed by atoms with Crippen LogP contribution >= 0.6 is 11.3 Å². The number of para-hydroxylation sites is 1. The van der Waals surface area contributed by atoms with E-state index in [0.717, 1.165) is 14.5 Å². The Morgan fingerprint density at radius 3 is 2.44 bits per heavy atom. The normalized spacial score (nSPS) is 12.7. The van der Waals surface area contributed by atoms with Crippen LogP contribution < -0.4 is 5.32 Å². The first-order chi connectivity index (χ1) is 12.8. The first kappa shape index (κ1) is 19.0. The Morgan fingerprint density at radius 1 is 1.19 bits per heavy atom. The van der Waals surface area contributed by atoms with Crippen LogP contribution in [0.4, 0.5) is 5.69 Å². The largest absolute Gasteiger partial charge is 0.325 e. The van der Waals surface area contributed by atoms with Gasteiger partial charge >= 0.3 is 0 Å². The number of hydrogen-bond acceptors (Lipinski definition) is 6. The monoisotopic (exact) mass is 400 g/mol. The number of nitrogens with zero attached hydrogens (tertiary/aromatic N) is 3. The Hall–Kier alpha value is -2.80. The van der Waals surface area contributed by atoms with Crippen molar-refractivity contribution in [1.29, 1.82) is 5.26 Å². The molecule has 0 bridgehead atoms. The third-order valence-corrected chi connectivity index (χ3v) is 6.78. The molecule has 1 aromatic heterocycles. The number of nitriles is 1. The highest BCUT2D eigenvalue weighted by atomic mass is 32.2. The van der Waals surface area contributed by atoms with Crippen LogP contribution in [0.5, 0.6) is 0 Å². The fourth-order valence-corrected chi connectivity index (χ4v) is 4.29. The molecule has 27 heavy (non-hydrogen) atoms. The molecule has 1 heterocycles. The van der Waals surface area contributed by atoms with Gasteiger partial charge in [-0.1, -0.05) is 12.1 Å². The summed E-state index contributed by atoms with van der Waals surface area (Å²) in [6, 6.07) is 15.2. The summed E-state index contributed by atoms with van der Waals surface area (Å²) in [6.07, 6.45) is 0. The molecule has 7 nitrogen and oxygen atoms in total. The van der Waals surface area contributed by atoms with Crippen molar-refractivity contribution in [2.75, 3.05) is 19.4 Å². The van der Waals surface area contributed by atoms with Gasteiger partial charge in [-0.25, -0.2) is 17.7 Å². The van der Waals surface area contributed by atoms with E-state index in [4.69, 9.17) is 0 Å². The first-order valence-corrected chi connectivity index (χ1v) is 10.2. The van der Waals surface area contributed by atoms with E-state index < -0.39 is 21.8 Å². The number of aromatic nitrogens is 1. The second-order valence-electron chi connectivity index (χ2n) is 5.88. The minimum Gasteiger partial charge on any atom is -0.325 e. The summed E-state index contributed by atoms with van der Waals surface area (Å²) in [6.45, 7) is 0. The average molecular weight is 400 g/mol. The number of rotatable bonds is 5. The van der Waals surface area contributed by atoms with E-state index in [1.165, 1.54) is 49.7 Å². The smallest absolute Gasteiger partial charge is 0.248 e. The van der Waals surface area contributed by atoms with Crippen LogP contribution in [-0.4, -0.2) is 37.7 Å². The number of sulfonamides is 1.